The van der Waals surface area contributed by atoms with Gasteiger partial charge in [-0.05, 0) is 14.0 Å². The van der Waals surface area contributed by atoms with Crippen molar-refractivity contribution in [1.82, 2.24) is 9.80 Å². The number of ketones is 1. The van der Waals surface area contributed by atoms with Crippen LogP contribution in [0, 0.1) is 0 Å². The van der Waals surface area contributed by atoms with Crippen LogP contribution >= 0.6 is 24.0 Å². The number of carbonyl (C=O) groups is 1. The van der Waals surface area contributed by atoms with Gasteiger partial charge >= 0.3 is 0 Å². The standard InChI is InChI=1S/C15H20N2OS2/c1-12(14(18)13-6-4-3-5-7-13)20-15(19)17-10-8-16(2)9-11-17/h3-7,12H,8-11H2,1-2H3. The first-order valence-electron chi connectivity index (χ1n) is 6.81. The van der Waals surface area contributed by atoms with E-state index in [0.717, 1.165) is 36.1 Å². The topological polar surface area (TPSA) is 23.6 Å². The van der Waals surface area contributed by atoms with Crippen LogP contribution < -0.4 is 0 Å². The first-order valence-corrected chi connectivity index (χ1v) is 8.10. The molecule has 1 heterocycles. The molecule has 0 radical (unpaired) electrons. The van der Waals surface area contributed by atoms with Gasteiger partial charge in [0.05, 0.1) is 5.25 Å². The summed E-state index contributed by atoms with van der Waals surface area (Å²) in [5.41, 5.74) is 0.758. The maximum Gasteiger partial charge on any atom is 0.175 e. The molecule has 0 aromatic heterocycles. The second kappa shape index (κ2) is 7.20. The molecule has 1 atom stereocenters. The maximum absolute atomic E-state index is 12.3. The second-order valence-corrected chi connectivity index (χ2v) is 7.02. The Morgan fingerprint density at radius 2 is 1.80 bits per heavy atom. The van der Waals surface area contributed by atoms with Crippen LogP contribution in [0.25, 0.3) is 0 Å². The van der Waals surface area contributed by atoms with Gasteiger partial charge in [-0.25, -0.2) is 0 Å². The van der Waals surface area contributed by atoms with Crippen molar-refractivity contribution in [3.8, 4) is 0 Å². The van der Waals surface area contributed by atoms with Crippen LogP contribution in [-0.4, -0.2) is 58.4 Å². The Hall–Kier alpha value is -0.910. The number of nitrogens with zero attached hydrogens (tertiary/aromatic N) is 2. The van der Waals surface area contributed by atoms with Crippen molar-refractivity contribution >= 4 is 34.1 Å². The Morgan fingerprint density at radius 3 is 2.40 bits per heavy atom. The van der Waals surface area contributed by atoms with E-state index in [0.29, 0.717) is 0 Å². The highest BCUT2D eigenvalue weighted by Crippen LogP contribution is 2.21. The molecule has 3 nitrogen and oxygen atoms in total. The van der Waals surface area contributed by atoms with Crippen molar-refractivity contribution in [3.05, 3.63) is 35.9 Å². The Morgan fingerprint density at radius 1 is 1.20 bits per heavy atom. The molecule has 1 unspecified atom stereocenters. The fourth-order valence-electron chi connectivity index (χ4n) is 2.11. The third-order valence-corrected chi connectivity index (χ3v) is 5.04. The Labute approximate surface area is 130 Å². The Bertz CT molecular complexity index is 470. The van der Waals surface area contributed by atoms with Crippen LogP contribution in [0.5, 0.6) is 0 Å². The number of thiocarbonyl (C=S) groups is 1. The lowest BCUT2D eigenvalue weighted by Gasteiger charge is -2.34. The molecule has 0 saturated carbocycles. The molecule has 0 bridgehead atoms. The van der Waals surface area contributed by atoms with Gasteiger partial charge in [0.15, 0.2) is 5.78 Å². The summed E-state index contributed by atoms with van der Waals surface area (Å²) < 4.78 is 0.842. The van der Waals surface area contributed by atoms with Crippen molar-refractivity contribution in [2.75, 3.05) is 33.2 Å². The highest BCUT2D eigenvalue weighted by molar-refractivity contribution is 8.23. The molecule has 1 aromatic rings. The monoisotopic (exact) mass is 308 g/mol. The van der Waals surface area contributed by atoms with E-state index >= 15 is 0 Å². The summed E-state index contributed by atoms with van der Waals surface area (Å²) in [6.07, 6.45) is 0. The zero-order valence-corrected chi connectivity index (χ0v) is 13.5. The maximum atomic E-state index is 12.3. The van der Waals surface area contributed by atoms with Gasteiger partial charge in [-0.3, -0.25) is 4.79 Å². The van der Waals surface area contributed by atoms with E-state index in [2.05, 4.69) is 16.8 Å². The summed E-state index contributed by atoms with van der Waals surface area (Å²) in [5, 5.41) is -0.135. The number of carbonyl (C=O) groups excluding carboxylic acids is 1. The minimum atomic E-state index is -0.135. The number of hydrogen-bond donors (Lipinski definition) is 0. The van der Waals surface area contributed by atoms with Crippen LogP contribution in [0.4, 0.5) is 0 Å². The highest BCUT2D eigenvalue weighted by Gasteiger charge is 2.22. The summed E-state index contributed by atoms with van der Waals surface area (Å²) >= 11 is 6.98. The van der Waals surface area contributed by atoms with E-state index in [1.165, 1.54) is 11.8 Å². The number of hydrogen-bond acceptors (Lipinski definition) is 4. The fraction of sp³-hybridized carbons (Fsp3) is 0.467. The van der Waals surface area contributed by atoms with Crippen molar-refractivity contribution < 1.29 is 4.79 Å². The van der Waals surface area contributed by atoms with E-state index in [4.69, 9.17) is 12.2 Å². The van der Waals surface area contributed by atoms with Crippen LogP contribution in [0.15, 0.2) is 30.3 Å². The van der Waals surface area contributed by atoms with E-state index in [-0.39, 0.29) is 11.0 Å². The number of likely N-dealkylation sites (N-methyl/N-ethyl adjacent to an activating group) is 1. The predicted molar refractivity (Wildman–Crippen MR) is 89.5 cm³/mol. The van der Waals surface area contributed by atoms with Crippen LogP contribution in [0.1, 0.15) is 17.3 Å². The van der Waals surface area contributed by atoms with Crippen molar-refractivity contribution in [2.45, 2.75) is 12.2 Å². The molecule has 1 fully saturated rings. The average Bonchev–Trinajstić information content (AvgIpc) is 2.48. The quantitative estimate of drug-likeness (QED) is 0.631. The molecule has 1 aromatic carbocycles. The third-order valence-electron chi connectivity index (χ3n) is 3.47. The second-order valence-electron chi connectivity index (χ2n) is 5.05. The minimum Gasteiger partial charge on any atom is -0.355 e. The van der Waals surface area contributed by atoms with Gasteiger partial charge in [-0.15, -0.1) is 0 Å². The van der Waals surface area contributed by atoms with Gasteiger partial charge in [0.25, 0.3) is 0 Å². The highest BCUT2D eigenvalue weighted by atomic mass is 32.2. The zero-order valence-electron chi connectivity index (χ0n) is 11.9. The van der Waals surface area contributed by atoms with Gasteiger partial charge in [0.2, 0.25) is 0 Å². The predicted octanol–water partition coefficient (Wildman–Crippen LogP) is 2.52. The summed E-state index contributed by atoms with van der Waals surface area (Å²) in [4.78, 5) is 16.8. The molecule has 108 valence electrons. The molecular formula is C15H20N2OS2. The molecule has 2 rings (SSSR count). The molecule has 20 heavy (non-hydrogen) atoms. The van der Waals surface area contributed by atoms with Gasteiger partial charge in [-0.1, -0.05) is 54.3 Å². The Balaban J connectivity index is 1.89. The lowest BCUT2D eigenvalue weighted by atomic mass is 10.1. The summed E-state index contributed by atoms with van der Waals surface area (Å²) in [6, 6.07) is 9.42. The molecular weight excluding hydrogens is 288 g/mol. The van der Waals surface area contributed by atoms with Gasteiger partial charge < -0.3 is 9.80 Å². The largest absolute Gasteiger partial charge is 0.355 e. The van der Waals surface area contributed by atoms with Crippen molar-refractivity contribution in [1.29, 1.82) is 0 Å². The summed E-state index contributed by atoms with van der Waals surface area (Å²) in [5.74, 6) is 0.145. The van der Waals surface area contributed by atoms with Gasteiger partial charge in [0.1, 0.15) is 4.32 Å². The fourth-order valence-corrected chi connectivity index (χ4v) is 3.60. The van der Waals surface area contributed by atoms with Gasteiger partial charge in [0, 0.05) is 31.7 Å². The first kappa shape index (κ1) is 15.5. The van der Waals surface area contributed by atoms with Gasteiger partial charge in [-0.2, -0.15) is 0 Å². The van der Waals surface area contributed by atoms with Crippen molar-refractivity contribution in [3.63, 3.8) is 0 Å². The molecule has 0 N–H and O–H groups in total. The molecule has 1 aliphatic heterocycles. The minimum absolute atomic E-state index is 0.135. The number of thioether (sulfide) groups is 1. The molecule has 5 heteroatoms. The number of Topliss-reactive ketones (excluding diaryl/α,β-unsaturated/α-hetero) is 1. The molecule has 0 spiro atoms. The normalized spacial score (nSPS) is 17.8. The lowest BCUT2D eigenvalue weighted by Crippen LogP contribution is -2.46. The smallest absolute Gasteiger partial charge is 0.175 e. The first-order chi connectivity index (χ1) is 9.58. The molecule has 1 saturated heterocycles. The average molecular weight is 308 g/mol. The van der Waals surface area contributed by atoms with Crippen LogP contribution in [0.3, 0.4) is 0 Å². The molecule has 0 aliphatic carbocycles. The SMILES string of the molecule is CC(SC(=S)N1CCN(C)CC1)C(=O)c1ccccc1. The van der Waals surface area contributed by atoms with Crippen molar-refractivity contribution in [2.24, 2.45) is 0 Å². The summed E-state index contributed by atoms with van der Waals surface area (Å²) in [6.45, 7) is 5.90. The van der Waals surface area contributed by atoms with E-state index in [9.17, 15) is 4.79 Å². The zero-order chi connectivity index (χ0) is 14.5. The number of piperazine rings is 1. The Kier molecular flexibility index (Phi) is 5.57. The third kappa shape index (κ3) is 4.04. The molecule has 0 amide bonds. The van der Waals surface area contributed by atoms with E-state index in [1.54, 1.807) is 0 Å². The molecule has 1 aliphatic rings. The van der Waals surface area contributed by atoms with Crippen LogP contribution in [-0.2, 0) is 0 Å². The number of benzene rings is 1. The number of rotatable bonds is 3. The lowest BCUT2D eigenvalue weighted by molar-refractivity contribution is 0.0994. The van der Waals surface area contributed by atoms with Crippen LogP contribution in [0.2, 0.25) is 0 Å². The summed E-state index contributed by atoms with van der Waals surface area (Å²) in [7, 11) is 2.12. The van der Waals surface area contributed by atoms with E-state index < -0.39 is 0 Å². The van der Waals surface area contributed by atoms with E-state index in [1.807, 2.05) is 37.3 Å².